The van der Waals surface area contributed by atoms with Crippen molar-refractivity contribution in [3.8, 4) is 5.69 Å². The summed E-state index contributed by atoms with van der Waals surface area (Å²) in [6.07, 6.45) is 1.10. The molecular formula is C21H21N3. The smallest absolute Gasteiger partial charge is 0.118 e. The highest BCUT2D eigenvalue weighted by Gasteiger charge is 2.28. The van der Waals surface area contributed by atoms with Gasteiger partial charge in [-0.05, 0) is 30.8 Å². The van der Waals surface area contributed by atoms with Crippen LogP contribution < -0.4 is 4.90 Å². The molecule has 3 aromatic rings. The molecule has 0 saturated carbocycles. The Morgan fingerprint density at radius 2 is 1.71 bits per heavy atom. The van der Waals surface area contributed by atoms with Gasteiger partial charge in [-0.15, -0.1) is 0 Å². The average Bonchev–Trinajstić information content (AvgIpc) is 2.96. The van der Waals surface area contributed by atoms with Crippen LogP contribution in [0.1, 0.15) is 12.0 Å². The second-order valence-corrected chi connectivity index (χ2v) is 6.89. The zero-order valence-corrected chi connectivity index (χ0v) is 14.2. The Hall–Kier alpha value is -2.52. The Labute approximate surface area is 142 Å². The minimum atomic E-state index is 1.01. The van der Waals surface area contributed by atoms with Gasteiger partial charge in [-0.3, -0.25) is 4.57 Å². The van der Waals surface area contributed by atoms with E-state index < -0.39 is 0 Å². The lowest BCUT2D eigenvalue weighted by molar-refractivity contribution is 0.365. The molecule has 0 aliphatic carbocycles. The lowest BCUT2D eigenvalue weighted by Gasteiger charge is -2.31. The second kappa shape index (κ2) is 4.99. The highest BCUT2D eigenvalue weighted by atomic mass is 15.3. The molecule has 0 N–H and O–H groups in total. The van der Waals surface area contributed by atoms with Gasteiger partial charge in [-0.2, -0.15) is 0 Å². The second-order valence-electron chi connectivity index (χ2n) is 6.89. The van der Waals surface area contributed by atoms with Gasteiger partial charge in [0, 0.05) is 43.2 Å². The minimum Gasteiger partial charge on any atom is -0.334 e. The zero-order chi connectivity index (χ0) is 16.3. The van der Waals surface area contributed by atoms with Crippen LogP contribution in [0, 0.1) is 0 Å². The summed E-state index contributed by atoms with van der Waals surface area (Å²) in [5, 5.41) is 1.30. The first-order valence-corrected chi connectivity index (χ1v) is 8.58. The van der Waals surface area contributed by atoms with Crippen molar-refractivity contribution < 1.29 is 0 Å². The van der Waals surface area contributed by atoms with Crippen LogP contribution >= 0.6 is 0 Å². The van der Waals surface area contributed by atoms with Crippen LogP contribution in [0.3, 0.4) is 0 Å². The molecule has 2 aromatic carbocycles. The molecule has 2 aliphatic rings. The van der Waals surface area contributed by atoms with Gasteiger partial charge < -0.3 is 9.80 Å². The highest BCUT2D eigenvalue weighted by Crippen LogP contribution is 2.41. The van der Waals surface area contributed by atoms with E-state index >= 15 is 0 Å². The fraction of sp³-hybridized carbons (Fsp3) is 0.238. The molecule has 0 atom stereocenters. The Kier molecular flexibility index (Phi) is 2.88. The van der Waals surface area contributed by atoms with Gasteiger partial charge in [0.05, 0.1) is 11.2 Å². The molecule has 1 aromatic heterocycles. The highest BCUT2D eigenvalue weighted by molar-refractivity contribution is 5.92. The topological polar surface area (TPSA) is 11.4 Å². The summed E-state index contributed by atoms with van der Waals surface area (Å²) in [4.78, 5) is 4.82. The largest absolute Gasteiger partial charge is 0.334 e. The Morgan fingerprint density at radius 1 is 0.917 bits per heavy atom. The Balaban J connectivity index is 1.89. The summed E-state index contributed by atoms with van der Waals surface area (Å²) in [6, 6.07) is 19.8. The number of aromatic nitrogens is 1. The Morgan fingerprint density at radius 3 is 2.62 bits per heavy atom. The quantitative estimate of drug-likeness (QED) is 0.618. The number of anilines is 1. The van der Waals surface area contributed by atoms with E-state index in [0.29, 0.717) is 0 Å². The van der Waals surface area contributed by atoms with Gasteiger partial charge in [0.15, 0.2) is 0 Å². The van der Waals surface area contributed by atoms with Crippen LogP contribution in [0.2, 0.25) is 0 Å². The fourth-order valence-electron chi connectivity index (χ4n) is 4.20. The summed E-state index contributed by atoms with van der Waals surface area (Å²) < 4.78 is 2.42. The van der Waals surface area contributed by atoms with Gasteiger partial charge in [0.25, 0.3) is 0 Å². The van der Waals surface area contributed by atoms with E-state index in [-0.39, 0.29) is 0 Å². The molecule has 0 radical (unpaired) electrons. The van der Waals surface area contributed by atoms with Crippen molar-refractivity contribution in [2.45, 2.75) is 6.42 Å². The molecular weight excluding hydrogens is 294 g/mol. The predicted octanol–water partition coefficient (Wildman–Crippen LogP) is 4.13. The van der Waals surface area contributed by atoms with Gasteiger partial charge in [0.2, 0.25) is 0 Å². The van der Waals surface area contributed by atoms with E-state index in [2.05, 4.69) is 83.1 Å². The number of rotatable bonds is 0. The third-order valence-corrected chi connectivity index (χ3v) is 5.42. The molecule has 120 valence electrons. The predicted molar refractivity (Wildman–Crippen MR) is 101 cm³/mol. The number of benzene rings is 2. The normalized spacial score (nSPS) is 17.5. The van der Waals surface area contributed by atoms with Crippen molar-refractivity contribution in [2.24, 2.45) is 0 Å². The van der Waals surface area contributed by atoms with Crippen LogP contribution in [-0.2, 0) is 0 Å². The van der Waals surface area contributed by atoms with Crippen molar-refractivity contribution in [1.29, 1.82) is 0 Å². The van der Waals surface area contributed by atoms with Crippen molar-refractivity contribution in [3.63, 3.8) is 0 Å². The fourth-order valence-corrected chi connectivity index (χ4v) is 4.20. The van der Waals surface area contributed by atoms with Crippen molar-refractivity contribution in [3.05, 3.63) is 65.9 Å². The number of likely N-dealkylation sites (N-methyl/N-ethyl adjacent to an activating group) is 1. The lowest BCUT2D eigenvalue weighted by atomic mass is 9.96. The first-order valence-electron chi connectivity index (χ1n) is 8.58. The monoisotopic (exact) mass is 315 g/mol. The van der Waals surface area contributed by atoms with Gasteiger partial charge >= 0.3 is 0 Å². The van der Waals surface area contributed by atoms with E-state index in [4.69, 9.17) is 0 Å². The van der Waals surface area contributed by atoms with Crippen LogP contribution in [0.15, 0.2) is 60.3 Å². The summed E-state index contributed by atoms with van der Waals surface area (Å²) in [7, 11) is 4.43. The molecule has 0 amide bonds. The molecule has 3 heterocycles. The lowest BCUT2D eigenvalue weighted by Crippen LogP contribution is -2.32. The standard InChI is InChI=1S/C21H21N3/c1-22-12-11-19-17(14-22)16-8-4-6-10-20(16)24-18-9-5-3-7-15(18)13-21(24)23(19)2/h3-10,13H,11-12,14H2,1-2H3. The summed E-state index contributed by atoms with van der Waals surface area (Å²) in [5.41, 5.74) is 6.86. The first-order chi connectivity index (χ1) is 11.7. The van der Waals surface area contributed by atoms with Gasteiger partial charge in [-0.25, -0.2) is 0 Å². The maximum atomic E-state index is 2.42. The van der Waals surface area contributed by atoms with E-state index in [0.717, 1.165) is 19.5 Å². The number of fused-ring (bicyclic) bond motifs is 6. The summed E-state index contributed by atoms with van der Waals surface area (Å²) in [5.74, 6) is 1.26. The number of hydrogen-bond donors (Lipinski definition) is 0. The first kappa shape index (κ1) is 13.9. The van der Waals surface area contributed by atoms with E-state index in [1.54, 1.807) is 0 Å². The van der Waals surface area contributed by atoms with Crippen molar-refractivity contribution in [1.82, 2.24) is 9.47 Å². The molecule has 0 bridgehead atoms. The van der Waals surface area contributed by atoms with Crippen LogP contribution in [-0.4, -0.2) is 36.7 Å². The molecule has 5 rings (SSSR count). The van der Waals surface area contributed by atoms with Gasteiger partial charge in [-0.1, -0.05) is 36.4 Å². The third kappa shape index (κ3) is 1.82. The molecule has 3 heteroatoms. The van der Waals surface area contributed by atoms with E-state index in [1.807, 2.05) is 0 Å². The number of nitrogens with zero attached hydrogens (tertiary/aromatic N) is 3. The minimum absolute atomic E-state index is 1.01. The summed E-state index contributed by atoms with van der Waals surface area (Å²) in [6.45, 7) is 2.13. The summed E-state index contributed by atoms with van der Waals surface area (Å²) >= 11 is 0. The van der Waals surface area contributed by atoms with Crippen molar-refractivity contribution >= 4 is 22.3 Å². The SMILES string of the molecule is CN1CCC2=C(C1)c1ccccc1-n1c(cc3ccccc31)N2C. The van der Waals surface area contributed by atoms with Crippen LogP contribution in [0.4, 0.5) is 5.82 Å². The van der Waals surface area contributed by atoms with E-state index in [1.165, 1.54) is 39.2 Å². The molecule has 0 saturated heterocycles. The van der Waals surface area contributed by atoms with Crippen LogP contribution in [0.5, 0.6) is 0 Å². The Bertz CT molecular complexity index is 980. The zero-order valence-electron chi connectivity index (χ0n) is 14.2. The molecule has 0 fully saturated rings. The number of hydrogen-bond acceptors (Lipinski definition) is 2. The van der Waals surface area contributed by atoms with Crippen molar-refractivity contribution in [2.75, 3.05) is 32.1 Å². The molecule has 0 spiro atoms. The maximum Gasteiger partial charge on any atom is 0.118 e. The molecule has 24 heavy (non-hydrogen) atoms. The van der Waals surface area contributed by atoms with Gasteiger partial charge in [0.1, 0.15) is 5.82 Å². The molecule has 3 nitrogen and oxygen atoms in total. The van der Waals surface area contributed by atoms with E-state index in [9.17, 15) is 0 Å². The van der Waals surface area contributed by atoms with Crippen LogP contribution in [0.25, 0.3) is 22.2 Å². The molecule has 2 aliphatic heterocycles. The maximum absolute atomic E-state index is 2.42. The third-order valence-electron chi connectivity index (χ3n) is 5.42. The molecule has 0 unspecified atom stereocenters. The average molecular weight is 315 g/mol. The number of para-hydroxylation sites is 2.